The van der Waals surface area contributed by atoms with Gasteiger partial charge < -0.3 is 11.1 Å². The number of hydrogen-bond donors (Lipinski definition) is 3. The number of benzene rings is 1. The Hall–Kier alpha value is -2.69. The number of hydrogen-bond acceptors (Lipinski definition) is 5. The summed E-state index contributed by atoms with van der Waals surface area (Å²) in [7, 11) is 0. The van der Waals surface area contributed by atoms with Crippen LogP contribution in [0.3, 0.4) is 0 Å². The fourth-order valence-corrected chi connectivity index (χ4v) is 1.24. The number of carbonyl (C=O) groups excluding carboxylic acids is 2. The third kappa shape index (κ3) is 4.59. The van der Waals surface area contributed by atoms with Crippen molar-refractivity contribution in [3.05, 3.63) is 54.4 Å². The molecule has 0 fully saturated rings. The Bertz CT molecular complexity index is 542. The second-order valence-corrected chi connectivity index (χ2v) is 3.81. The van der Waals surface area contributed by atoms with Crippen molar-refractivity contribution in [1.29, 1.82) is 5.41 Å². The minimum atomic E-state index is -0.715. The van der Waals surface area contributed by atoms with Crippen LogP contribution in [-0.4, -0.2) is 17.3 Å². The van der Waals surface area contributed by atoms with E-state index < -0.39 is 17.3 Å². The Labute approximate surface area is 111 Å². The van der Waals surface area contributed by atoms with Gasteiger partial charge in [0.25, 0.3) is 0 Å². The fraction of sp³-hybridized carbons (Fsp3) is 0.0714. The van der Waals surface area contributed by atoms with Crippen LogP contribution in [0.1, 0.15) is 5.56 Å². The summed E-state index contributed by atoms with van der Waals surface area (Å²) in [6.45, 7) is 1.97. The number of nitrogens with one attached hydrogen (secondary N) is 2. The number of anilines is 1. The van der Waals surface area contributed by atoms with Crippen molar-refractivity contribution in [2.24, 2.45) is 5.73 Å². The van der Waals surface area contributed by atoms with Crippen molar-refractivity contribution >= 4 is 23.0 Å². The van der Waals surface area contributed by atoms with E-state index in [1.54, 1.807) is 0 Å². The molecule has 0 atom stereocenters. The maximum Gasteiger partial charge on any atom is 0.208 e. The van der Waals surface area contributed by atoms with Crippen molar-refractivity contribution in [1.82, 2.24) is 0 Å². The number of rotatable bonds is 6. The van der Waals surface area contributed by atoms with E-state index in [0.29, 0.717) is 0 Å². The standard InChI is InChI=1S/C14H15N3O2/c1-10-2-4-11(5-3-10)17-9-7-13(19)14(16)12(18)6-8-15/h2-9,16-17H,15H2,1H3. The fourth-order valence-electron chi connectivity index (χ4n) is 1.24. The molecule has 0 heterocycles. The molecule has 0 bridgehead atoms. The van der Waals surface area contributed by atoms with Gasteiger partial charge in [0.05, 0.1) is 0 Å². The molecule has 0 unspecified atom stereocenters. The van der Waals surface area contributed by atoms with Crippen LogP contribution in [0.5, 0.6) is 0 Å². The highest BCUT2D eigenvalue weighted by Gasteiger charge is 2.12. The average molecular weight is 257 g/mol. The predicted octanol–water partition coefficient (Wildman–Crippen LogP) is 1.55. The molecule has 0 aliphatic heterocycles. The average Bonchev–Trinajstić information content (AvgIpc) is 2.40. The Morgan fingerprint density at radius 1 is 1.16 bits per heavy atom. The molecule has 4 N–H and O–H groups in total. The van der Waals surface area contributed by atoms with Gasteiger partial charge in [-0.3, -0.25) is 15.0 Å². The van der Waals surface area contributed by atoms with Crippen LogP contribution < -0.4 is 11.1 Å². The zero-order valence-electron chi connectivity index (χ0n) is 10.5. The highest BCUT2D eigenvalue weighted by Crippen LogP contribution is 2.08. The van der Waals surface area contributed by atoms with Crippen LogP contribution in [0.25, 0.3) is 0 Å². The summed E-state index contributed by atoms with van der Waals surface area (Å²) in [4.78, 5) is 22.6. The molecule has 0 saturated carbocycles. The monoisotopic (exact) mass is 257 g/mol. The summed E-state index contributed by atoms with van der Waals surface area (Å²) in [5.74, 6) is -1.39. The number of allylic oxidation sites excluding steroid dienone is 2. The van der Waals surface area contributed by atoms with E-state index in [1.807, 2.05) is 31.2 Å². The summed E-state index contributed by atoms with van der Waals surface area (Å²) in [5.41, 5.74) is 6.34. The van der Waals surface area contributed by atoms with Gasteiger partial charge in [0.15, 0.2) is 0 Å². The first-order valence-corrected chi connectivity index (χ1v) is 5.60. The lowest BCUT2D eigenvalue weighted by Gasteiger charge is -2.00. The molecule has 5 heteroatoms. The zero-order valence-corrected chi connectivity index (χ0v) is 10.5. The van der Waals surface area contributed by atoms with Crippen LogP contribution in [0.2, 0.25) is 0 Å². The summed E-state index contributed by atoms with van der Waals surface area (Å²) < 4.78 is 0. The Balaban J connectivity index is 2.57. The first kappa shape index (κ1) is 14.4. The van der Waals surface area contributed by atoms with Gasteiger partial charge in [-0.1, -0.05) is 17.7 Å². The van der Waals surface area contributed by atoms with Crippen molar-refractivity contribution in [3.63, 3.8) is 0 Å². The third-order valence-corrected chi connectivity index (χ3v) is 2.28. The minimum absolute atomic E-state index is 0.622. The molecule has 0 saturated heterocycles. The van der Waals surface area contributed by atoms with Crippen molar-refractivity contribution in [2.75, 3.05) is 5.32 Å². The van der Waals surface area contributed by atoms with E-state index in [9.17, 15) is 9.59 Å². The van der Waals surface area contributed by atoms with Crippen LogP contribution in [0, 0.1) is 12.3 Å². The molecule has 19 heavy (non-hydrogen) atoms. The van der Waals surface area contributed by atoms with Crippen LogP contribution in [0.4, 0.5) is 5.69 Å². The van der Waals surface area contributed by atoms with E-state index in [2.05, 4.69) is 5.32 Å². The molecule has 1 rings (SSSR count). The first-order chi connectivity index (χ1) is 9.04. The smallest absolute Gasteiger partial charge is 0.208 e. The molecule has 0 aliphatic carbocycles. The largest absolute Gasteiger partial charge is 0.404 e. The summed E-state index contributed by atoms with van der Waals surface area (Å²) in [6.07, 6.45) is 4.49. The molecule has 0 radical (unpaired) electrons. The van der Waals surface area contributed by atoms with Crippen LogP contribution in [0.15, 0.2) is 48.8 Å². The van der Waals surface area contributed by atoms with Crippen LogP contribution in [-0.2, 0) is 9.59 Å². The van der Waals surface area contributed by atoms with Gasteiger partial charge in [-0.2, -0.15) is 0 Å². The van der Waals surface area contributed by atoms with Gasteiger partial charge in [-0.25, -0.2) is 0 Å². The van der Waals surface area contributed by atoms with Gasteiger partial charge in [0.2, 0.25) is 11.6 Å². The predicted molar refractivity (Wildman–Crippen MR) is 75.0 cm³/mol. The summed E-state index contributed by atoms with van der Waals surface area (Å²) in [5, 5.41) is 10.2. The second-order valence-electron chi connectivity index (χ2n) is 3.81. The Morgan fingerprint density at radius 3 is 2.32 bits per heavy atom. The first-order valence-electron chi connectivity index (χ1n) is 5.60. The Kier molecular flexibility index (Phi) is 5.22. The molecule has 1 aromatic rings. The van der Waals surface area contributed by atoms with Crippen molar-refractivity contribution in [3.8, 4) is 0 Å². The lowest BCUT2D eigenvalue weighted by Crippen LogP contribution is -2.19. The number of carbonyl (C=O) groups is 2. The quantitative estimate of drug-likeness (QED) is 0.409. The maximum absolute atomic E-state index is 11.5. The Morgan fingerprint density at radius 2 is 1.74 bits per heavy atom. The number of nitrogens with two attached hydrogens (primary N) is 1. The number of aryl methyl sites for hydroxylation is 1. The lowest BCUT2D eigenvalue weighted by atomic mass is 10.1. The van der Waals surface area contributed by atoms with E-state index in [4.69, 9.17) is 11.1 Å². The molecule has 5 nitrogen and oxygen atoms in total. The van der Waals surface area contributed by atoms with Crippen molar-refractivity contribution < 1.29 is 9.59 Å². The summed E-state index contributed by atoms with van der Waals surface area (Å²) in [6, 6.07) is 7.57. The highest BCUT2D eigenvalue weighted by molar-refractivity contribution is 6.69. The maximum atomic E-state index is 11.5. The van der Waals surface area contributed by atoms with Crippen molar-refractivity contribution in [2.45, 2.75) is 6.92 Å². The van der Waals surface area contributed by atoms with Gasteiger partial charge in [0, 0.05) is 24.0 Å². The normalized spacial score (nSPS) is 10.8. The molecule has 0 aliphatic rings. The van der Waals surface area contributed by atoms with Gasteiger partial charge in [-0.05, 0) is 25.3 Å². The zero-order chi connectivity index (χ0) is 14.3. The van der Waals surface area contributed by atoms with E-state index in [1.165, 1.54) is 6.20 Å². The topological polar surface area (TPSA) is 96.0 Å². The lowest BCUT2D eigenvalue weighted by molar-refractivity contribution is -0.112. The molecule has 0 aromatic heterocycles. The molecule has 1 aromatic carbocycles. The van der Waals surface area contributed by atoms with E-state index in [0.717, 1.165) is 29.6 Å². The van der Waals surface area contributed by atoms with Gasteiger partial charge in [-0.15, -0.1) is 0 Å². The molecule has 98 valence electrons. The molecular formula is C14H15N3O2. The minimum Gasteiger partial charge on any atom is -0.404 e. The third-order valence-electron chi connectivity index (χ3n) is 2.28. The highest BCUT2D eigenvalue weighted by atomic mass is 16.1. The molecular weight excluding hydrogens is 242 g/mol. The van der Waals surface area contributed by atoms with E-state index >= 15 is 0 Å². The van der Waals surface area contributed by atoms with Crippen LogP contribution >= 0.6 is 0 Å². The van der Waals surface area contributed by atoms with Gasteiger partial charge >= 0.3 is 0 Å². The molecule has 0 amide bonds. The summed E-state index contributed by atoms with van der Waals surface area (Å²) >= 11 is 0. The van der Waals surface area contributed by atoms with E-state index in [-0.39, 0.29) is 0 Å². The second kappa shape index (κ2) is 6.90. The van der Waals surface area contributed by atoms with Gasteiger partial charge in [0.1, 0.15) is 5.71 Å². The number of ketones is 2. The molecule has 0 spiro atoms. The SMILES string of the molecule is Cc1ccc(NC=CC(=O)C(=N)C(=O)C=CN)cc1.